The van der Waals surface area contributed by atoms with Crippen LogP contribution in [0.2, 0.25) is 0 Å². The van der Waals surface area contributed by atoms with Gasteiger partial charge in [0, 0.05) is 44.6 Å². The summed E-state index contributed by atoms with van der Waals surface area (Å²) in [6.07, 6.45) is 3.39. The van der Waals surface area contributed by atoms with Crippen molar-refractivity contribution in [3.05, 3.63) is 59.9 Å². The number of rotatable bonds is 7. The average Bonchev–Trinajstić information content (AvgIpc) is 2.63. The van der Waals surface area contributed by atoms with Gasteiger partial charge in [0.15, 0.2) is 0 Å². The topological polar surface area (TPSA) is 70.6 Å². The van der Waals surface area contributed by atoms with Gasteiger partial charge in [-0.3, -0.25) is 9.78 Å². The zero-order valence-corrected chi connectivity index (χ0v) is 15.5. The largest absolute Gasteiger partial charge is 0.337 e. The van der Waals surface area contributed by atoms with Gasteiger partial charge in [0.2, 0.25) is 10.0 Å². The lowest BCUT2D eigenvalue weighted by Gasteiger charge is -2.19. The lowest BCUT2D eigenvalue weighted by Crippen LogP contribution is -2.30. The fraction of sp³-hybridized carbons (Fsp3) is 0.333. The van der Waals surface area contributed by atoms with Gasteiger partial charge in [-0.25, -0.2) is 8.42 Å². The second-order valence-corrected chi connectivity index (χ2v) is 7.57. The third-order valence-corrected chi connectivity index (χ3v) is 6.00. The molecular weight excluding hydrogens is 338 g/mol. The highest BCUT2D eigenvalue weighted by atomic mass is 32.2. The summed E-state index contributed by atoms with van der Waals surface area (Å²) in [6, 6.07) is 9.80. The van der Waals surface area contributed by atoms with Gasteiger partial charge in [-0.2, -0.15) is 4.31 Å². The van der Waals surface area contributed by atoms with Crippen LogP contribution in [0, 0.1) is 0 Å². The molecule has 0 fully saturated rings. The number of nitrogens with zero attached hydrogens (tertiary/aromatic N) is 3. The van der Waals surface area contributed by atoms with E-state index in [9.17, 15) is 13.2 Å². The Morgan fingerprint density at radius 3 is 2.24 bits per heavy atom. The molecule has 0 aliphatic heterocycles. The Morgan fingerprint density at radius 1 is 1.08 bits per heavy atom. The number of benzene rings is 1. The molecule has 1 aromatic heterocycles. The first-order valence-corrected chi connectivity index (χ1v) is 9.58. The molecule has 25 heavy (non-hydrogen) atoms. The van der Waals surface area contributed by atoms with Crippen molar-refractivity contribution in [1.29, 1.82) is 0 Å². The molecule has 0 saturated carbocycles. The van der Waals surface area contributed by atoms with Crippen molar-refractivity contribution in [3.63, 3.8) is 0 Å². The van der Waals surface area contributed by atoms with E-state index in [4.69, 9.17) is 0 Å². The van der Waals surface area contributed by atoms with E-state index in [1.807, 2.05) is 12.1 Å². The molecule has 134 valence electrons. The highest BCUT2D eigenvalue weighted by molar-refractivity contribution is 7.89. The summed E-state index contributed by atoms with van der Waals surface area (Å²) in [7, 11) is -1.81. The monoisotopic (exact) mass is 361 g/mol. The molecule has 1 aromatic carbocycles. The Bertz CT molecular complexity index is 801. The molecule has 0 spiro atoms. The molecule has 0 aliphatic rings. The highest BCUT2D eigenvalue weighted by Crippen LogP contribution is 2.17. The van der Waals surface area contributed by atoms with Gasteiger partial charge >= 0.3 is 0 Å². The molecule has 0 bridgehead atoms. The molecule has 0 aliphatic carbocycles. The van der Waals surface area contributed by atoms with Crippen molar-refractivity contribution < 1.29 is 13.2 Å². The van der Waals surface area contributed by atoms with E-state index >= 15 is 0 Å². The molecule has 0 unspecified atom stereocenters. The van der Waals surface area contributed by atoms with Crippen LogP contribution in [-0.4, -0.2) is 48.7 Å². The Morgan fingerprint density at radius 2 is 1.72 bits per heavy atom. The van der Waals surface area contributed by atoms with E-state index in [1.54, 1.807) is 50.3 Å². The Labute approximate surface area is 149 Å². The first kappa shape index (κ1) is 19.1. The van der Waals surface area contributed by atoms with E-state index in [0.29, 0.717) is 25.2 Å². The Balaban J connectivity index is 2.15. The summed E-state index contributed by atoms with van der Waals surface area (Å²) in [4.78, 5) is 18.3. The van der Waals surface area contributed by atoms with Gasteiger partial charge in [0.25, 0.3) is 5.91 Å². The summed E-state index contributed by atoms with van der Waals surface area (Å²) in [5.41, 5.74) is 1.38. The van der Waals surface area contributed by atoms with Crippen molar-refractivity contribution in [3.8, 4) is 0 Å². The van der Waals surface area contributed by atoms with Gasteiger partial charge in [-0.05, 0) is 35.9 Å². The number of hydrogen-bond acceptors (Lipinski definition) is 4. The maximum absolute atomic E-state index is 12.5. The van der Waals surface area contributed by atoms with E-state index in [-0.39, 0.29) is 10.8 Å². The molecule has 6 nitrogen and oxygen atoms in total. The summed E-state index contributed by atoms with van der Waals surface area (Å²) in [5.74, 6) is -0.171. The minimum Gasteiger partial charge on any atom is -0.337 e. The number of hydrogen-bond donors (Lipinski definition) is 0. The summed E-state index contributed by atoms with van der Waals surface area (Å²) >= 11 is 0. The van der Waals surface area contributed by atoms with E-state index < -0.39 is 10.0 Å². The number of carbonyl (C=O) groups excluding carboxylic acids is 1. The molecule has 1 heterocycles. The SMILES string of the molecule is CCN(CC)S(=O)(=O)c1ccc(C(=O)N(C)Cc2cccnc2)cc1. The predicted molar refractivity (Wildman–Crippen MR) is 96.6 cm³/mol. The van der Waals surface area contributed by atoms with E-state index in [2.05, 4.69) is 4.98 Å². The third kappa shape index (κ3) is 4.43. The van der Waals surface area contributed by atoms with Crippen LogP contribution >= 0.6 is 0 Å². The Hall–Kier alpha value is -2.25. The lowest BCUT2D eigenvalue weighted by molar-refractivity contribution is 0.0785. The highest BCUT2D eigenvalue weighted by Gasteiger charge is 2.22. The summed E-state index contributed by atoms with van der Waals surface area (Å²) in [6.45, 7) is 4.85. The van der Waals surface area contributed by atoms with Crippen LogP contribution in [-0.2, 0) is 16.6 Å². The fourth-order valence-corrected chi connectivity index (χ4v) is 4.00. The minimum atomic E-state index is -3.51. The number of pyridine rings is 1. The van der Waals surface area contributed by atoms with Crippen molar-refractivity contribution in [2.75, 3.05) is 20.1 Å². The van der Waals surface area contributed by atoms with Crippen LogP contribution < -0.4 is 0 Å². The van der Waals surface area contributed by atoms with Crippen LogP contribution in [0.5, 0.6) is 0 Å². The van der Waals surface area contributed by atoms with Crippen LogP contribution in [0.1, 0.15) is 29.8 Å². The molecule has 0 atom stereocenters. The second-order valence-electron chi connectivity index (χ2n) is 5.64. The normalized spacial score (nSPS) is 11.5. The zero-order chi connectivity index (χ0) is 18.4. The smallest absolute Gasteiger partial charge is 0.253 e. The number of amides is 1. The number of carbonyl (C=O) groups is 1. The molecule has 0 saturated heterocycles. The summed E-state index contributed by atoms with van der Waals surface area (Å²) < 4.78 is 26.3. The molecule has 1 amide bonds. The number of aromatic nitrogens is 1. The average molecular weight is 361 g/mol. The molecular formula is C18H23N3O3S. The van der Waals surface area contributed by atoms with Crippen LogP contribution in [0.3, 0.4) is 0 Å². The van der Waals surface area contributed by atoms with Crippen LogP contribution in [0.25, 0.3) is 0 Å². The van der Waals surface area contributed by atoms with Gasteiger partial charge < -0.3 is 4.90 Å². The maximum atomic E-state index is 12.5. The molecule has 2 rings (SSSR count). The first-order valence-electron chi connectivity index (χ1n) is 8.14. The fourth-order valence-electron chi connectivity index (χ4n) is 2.54. The van der Waals surface area contributed by atoms with E-state index in [1.165, 1.54) is 16.4 Å². The van der Waals surface area contributed by atoms with Crippen molar-refractivity contribution in [2.24, 2.45) is 0 Å². The first-order chi connectivity index (χ1) is 11.9. The third-order valence-electron chi connectivity index (χ3n) is 3.93. The van der Waals surface area contributed by atoms with Crippen LogP contribution in [0.4, 0.5) is 0 Å². The van der Waals surface area contributed by atoms with Gasteiger partial charge in [0.1, 0.15) is 0 Å². The second kappa shape index (κ2) is 8.22. The van der Waals surface area contributed by atoms with Crippen molar-refractivity contribution in [1.82, 2.24) is 14.2 Å². The molecule has 0 radical (unpaired) electrons. The zero-order valence-electron chi connectivity index (χ0n) is 14.7. The predicted octanol–water partition coefficient (Wildman–Crippen LogP) is 2.38. The molecule has 2 aromatic rings. The van der Waals surface area contributed by atoms with Crippen molar-refractivity contribution >= 4 is 15.9 Å². The van der Waals surface area contributed by atoms with E-state index in [0.717, 1.165) is 5.56 Å². The summed E-state index contributed by atoms with van der Waals surface area (Å²) in [5, 5.41) is 0. The van der Waals surface area contributed by atoms with Gasteiger partial charge in [0.05, 0.1) is 4.90 Å². The van der Waals surface area contributed by atoms with Gasteiger partial charge in [-0.15, -0.1) is 0 Å². The minimum absolute atomic E-state index is 0.171. The van der Waals surface area contributed by atoms with Gasteiger partial charge in [-0.1, -0.05) is 19.9 Å². The van der Waals surface area contributed by atoms with Crippen LogP contribution in [0.15, 0.2) is 53.7 Å². The quantitative estimate of drug-likeness (QED) is 0.759. The Kier molecular flexibility index (Phi) is 6.27. The molecule has 7 heteroatoms. The lowest BCUT2D eigenvalue weighted by atomic mass is 10.2. The van der Waals surface area contributed by atoms with Crippen molar-refractivity contribution in [2.45, 2.75) is 25.3 Å². The molecule has 0 N–H and O–H groups in total. The number of sulfonamides is 1. The maximum Gasteiger partial charge on any atom is 0.253 e. The standard InChI is InChI=1S/C18H23N3O3S/c1-4-21(5-2)25(23,24)17-10-8-16(9-11-17)18(22)20(3)14-15-7-6-12-19-13-15/h6-13H,4-5,14H2,1-3H3.